The molecular weight excluding hydrogens is 386 g/mol. The molecule has 0 bridgehead atoms. The SMILES string of the molecule is CC(C)Cc1ncc(C(=O)O)s1.CON(C)C(=O)c1cnc(CC(C)C)s1. The van der Waals surface area contributed by atoms with Crippen molar-refractivity contribution in [1.29, 1.82) is 0 Å². The van der Waals surface area contributed by atoms with Crippen molar-refractivity contribution in [3.8, 4) is 0 Å². The molecule has 0 atom stereocenters. The maximum absolute atomic E-state index is 11.6. The van der Waals surface area contributed by atoms with Crippen LogP contribution in [0, 0.1) is 11.8 Å². The van der Waals surface area contributed by atoms with E-state index in [9.17, 15) is 9.59 Å². The van der Waals surface area contributed by atoms with Crippen molar-refractivity contribution in [1.82, 2.24) is 15.0 Å². The largest absolute Gasteiger partial charge is 0.477 e. The molecule has 0 aliphatic carbocycles. The molecule has 0 aliphatic heterocycles. The van der Waals surface area contributed by atoms with Crippen LogP contribution in [-0.2, 0) is 17.7 Å². The predicted octanol–water partition coefficient (Wildman–Crippen LogP) is 4.01. The lowest BCUT2D eigenvalue weighted by molar-refractivity contribution is -0.0754. The molecule has 0 fully saturated rings. The summed E-state index contributed by atoms with van der Waals surface area (Å²) in [6, 6.07) is 0. The molecule has 150 valence electrons. The van der Waals surface area contributed by atoms with Crippen LogP contribution in [-0.4, -0.2) is 46.2 Å². The summed E-state index contributed by atoms with van der Waals surface area (Å²) in [6.45, 7) is 8.43. The number of carboxylic acids is 1. The normalized spacial score (nSPS) is 10.7. The summed E-state index contributed by atoms with van der Waals surface area (Å²) in [6.07, 6.45) is 4.80. The van der Waals surface area contributed by atoms with E-state index < -0.39 is 5.97 Å². The molecule has 27 heavy (non-hydrogen) atoms. The van der Waals surface area contributed by atoms with Crippen LogP contribution in [0.3, 0.4) is 0 Å². The molecule has 2 aromatic heterocycles. The Bertz CT molecular complexity index is 741. The first kappa shape index (κ1) is 23.2. The minimum atomic E-state index is -0.887. The van der Waals surface area contributed by atoms with Crippen molar-refractivity contribution in [2.24, 2.45) is 11.8 Å². The van der Waals surface area contributed by atoms with Crippen LogP contribution in [0.4, 0.5) is 0 Å². The highest BCUT2D eigenvalue weighted by Gasteiger charge is 2.15. The highest BCUT2D eigenvalue weighted by Crippen LogP contribution is 2.18. The number of amides is 1. The van der Waals surface area contributed by atoms with Gasteiger partial charge in [-0.2, -0.15) is 0 Å². The Balaban J connectivity index is 0.000000277. The van der Waals surface area contributed by atoms with Gasteiger partial charge in [-0.1, -0.05) is 27.7 Å². The molecule has 0 saturated carbocycles. The van der Waals surface area contributed by atoms with E-state index in [-0.39, 0.29) is 5.91 Å². The van der Waals surface area contributed by atoms with Crippen LogP contribution in [0.5, 0.6) is 0 Å². The van der Waals surface area contributed by atoms with Crippen molar-refractivity contribution >= 4 is 34.6 Å². The highest BCUT2D eigenvalue weighted by atomic mass is 32.1. The predicted molar refractivity (Wildman–Crippen MR) is 107 cm³/mol. The molecule has 2 heterocycles. The van der Waals surface area contributed by atoms with Gasteiger partial charge in [-0.25, -0.2) is 19.8 Å². The Morgan fingerprint density at radius 1 is 1.04 bits per heavy atom. The second-order valence-electron chi connectivity index (χ2n) is 6.72. The zero-order chi connectivity index (χ0) is 20.6. The summed E-state index contributed by atoms with van der Waals surface area (Å²) < 4.78 is 0. The van der Waals surface area contributed by atoms with E-state index in [0.29, 0.717) is 21.6 Å². The topological polar surface area (TPSA) is 92.6 Å². The molecule has 7 nitrogen and oxygen atoms in total. The van der Waals surface area contributed by atoms with Crippen LogP contribution in [0.2, 0.25) is 0 Å². The smallest absolute Gasteiger partial charge is 0.347 e. The quantitative estimate of drug-likeness (QED) is 0.689. The number of hydrogen-bond acceptors (Lipinski definition) is 7. The lowest BCUT2D eigenvalue weighted by Gasteiger charge is -2.11. The van der Waals surface area contributed by atoms with Gasteiger partial charge in [0, 0.05) is 19.9 Å². The Hall–Kier alpha value is -1.84. The molecule has 0 unspecified atom stereocenters. The van der Waals surface area contributed by atoms with Gasteiger partial charge in [0.1, 0.15) is 9.75 Å². The van der Waals surface area contributed by atoms with E-state index in [2.05, 4.69) is 37.7 Å². The first-order chi connectivity index (χ1) is 12.6. The number of thiazole rings is 2. The number of carbonyl (C=O) groups excluding carboxylic acids is 1. The second-order valence-corrected chi connectivity index (χ2v) is 8.95. The van der Waals surface area contributed by atoms with Crippen molar-refractivity contribution in [2.75, 3.05) is 14.2 Å². The number of hydroxylamine groups is 2. The zero-order valence-corrected chi connectivity index (χ0v) is 18.2. The molecular formula is C18H27N3O4S2. The minimum Gasteiger partial charge on any atom is -0.477 e. The molecule has 0 aromatic carbocycles. The van der Waals surface area contributed by atoms with E-state index in [1.807, 2.05) is 0 Å². The maximum atomic E-state index is 11.6. The number of aromatic carboxylic acids is 1. The average Bonchev–Trinajstić information content (AvgIpc) is 3.22. The van der Waals surface area contributed by atoms with E-state index in [1.165, 1.54) is 41.0 Å². The number of rotatable bonds is 7. The third kappa shape index (κ3) is 8.15. The van der Waals surface area contributed by atoms with Gasteiger partial charge in [0.15, 0.2) is 0 Å². The van der Waals surface area contributed by atoms with E-state index in [0.717, 1.165) is 22.9 Å². The molecule has 2 aromatic rings. The van der Waals surface area contributed by atoms with Gasteiger partial charge in [0.05, 0.1) is 29.5 Å². The minimum absolute atomic E-state index is 0.148. The van der Waals surface area contributed by atoms with Crippen molar-refractivity contribution < 1.29 is 19.5 Å². The number of nitrogens with zero attached hydrogens (tertiary/aromatic N) is 3. The van der Waals surface area contributed by atoms with Gasteiger partial charge < -0.3 is 5.11 Å². The van der Waals surface area contributed by atoms with E-state index in [4.69, 9.17) is 9.94 Å². The second kappa shape index (κ2) is 11.1. The summed E-state index contributed by atoms with van der Waals surface area (Å²) in [5, 5.41) is 11.7. The molecule has 2 rings (SSSR count). The fourth-order valence-corrected chi connectivity index (χ4v) is 4.01. The number of carbonyl (C=O) groups is 2. The molecule has 1 N–H and O–H groups in total. The van der Waals surface area contributed by atoms with E-state index >= 15 is 0 Å². The summed E-state index contributed by atoms with van der Waals surface area (Å²) in [5.74, 6) is 0.0459. The van der Waals surface area contributed by atoms with Gasteiger partial charge in [0.25, 0.3) is 5.91 Å². The fourth-order valence-electron chi connectivity index (χ4n) is 1.94. The summed E-state index contributed by atoms with van der Waals surface area (Å²) >= 11 is 2.69. The first-order valence-corrected chi connectivity index (χ1v) is 10.2. The maximum Gasteiger partial charge on any atom is 0.347 e. The van der Waals surface area contributed by atoms with Crippen LogP contribution < -0.4 is 0 Å². The zero-order valence-electron chi connectivity index (χ0n) is 16.6. The molecule has 0 spiro atoms. The number of hydrogen-bond donors (Lipinski definition) is 1. The van der Waals surface area contributed by atoms with Crippen LogP contribution in [0.1, 0.15) is 57.1 Å². The van der Waals surface area contributed by atoms with Crippen LogP contribution in [0.25, 0.3) is 0 Å². The fraction of sp³-hybridized carbons (Fsp3) is 0.556. The van der Waals surface area contributed by atoms with Crippen LogP contribution in [0.15, 0.2) is 12.4 Å². The van der Waals surface area contributed by atoms with Crippen LogP contribution >= 0.6 is 22.7 Å². The monoisotopic (exact) mass is 413 g/mol. The third-order valence-electron chi connectivity index (χ3n) is 3.25. The van der Waals surface area contributed by atoms with Gasteiger partial charge in [-0.15, -0.1) is 22.7 Å². The Morgan fingerprint density at radius 2 is 1.48 bits per heavy atom. The standard InChI is InChI=1S/C10H16N2O2S.C8H11NO2S/c1-7(2)5-9-11-6-8(15-9)10(13)12(3)14-4;1-5(2)3-7-9-4-6(12-7)8(10)11/h6-7H,5H2,1-4H3;4-5H,3H2,1-2H3,(H,10,11). The van der Waals surface area contributed by atoms with Crippen molar-refractivity contribution in [3.63, 3.8) is 0 Å². The number of carboxylic acid groups (broad SMARTS) is 1. The van der Waals surface area contributed by atoms with E-state index in [1.54, 1.807) is 13.2 Å². The molecule has 0 saturated heterocycles. The third-order valence-corrected chi connectivity index (χ3v) is 5.27. The highest BCUT2D eigenvalue weighted by molar-refractivity contribution is 7.13. The molecule has 0 radical (unpaired) electrons. The Labute approximate surface area is 168 Å². The van der Waals surface area contributed by atoms with Crippen molar-refractivity contribution in [3.05, 3.63) is 32.2 Å². The first-order valence-electron chi connectivity index (χ1n) is 8.58. The number of aromatic nitrogens is 2. The van der Waals surface area contributed by atoms with Gasteiger partial charge >= 0.3 is 5.97 Å². The molecule has 0 aliphatic rings. The Morgan fingerprint density at radius 3 is 1.85 bits per heavy atom. The lowest BCUT2D eigenvalue weighted by atomic mass is 10.1. The summed E-state index contributed by atoms with van der Waals surface area (Å²) in [7, 11) is 3.05. The van der Waals surface area contributed by atoms with Gasteiger partial charge in [-0.05, 0) is 11.8 Å². The Kier molecular flexibility index (Phi) is 9.54. The van der Waals surface area contributed by atoms with Crippen molar-refractivity contribution in [2.45, 2.75) is 40.5 Å². The summed E-state index contributed by atoms with van der Waals surface area (Å²) in [4.78, 5) is 36.1. The van der Waals surface area contributed by atoms with Gasteiger partial charge in [0.2, 0.25) is 0 Å². The molecule has 9 heteroatoms. The lowest BCUT2D eigenvalue weighted by Crippen LogP contribution is -2.24. The van der Waals surface area contributed by atoms with Gasteiger partial charge in [-0.3, -0.25) is 9.63 Å². The summed E-state index contributed by atoms with van der Waals surface area (Å²) in [5.41, 5.74) is 0. The average molecular weight is 414 g/mol. The molecule has 1 amide bonds.